The van der Waals surface area contributed by atoms with E-state index in [2.05, 4.69) is 5.32 Å². The highest BCUT2D eigenvalue weighted by Gasteiger charge is 2.14. The maximum atomic E-state index is 12.6. The van der Waals surface area contributed by atoms with Crippen LogP contribution in [-0.4, -0.2) is 25.4 Å². The third-order valence-electron chi connectivity index (χ3n) is 4.03. The van der Waals surface area contributed by atoms with Crippen LogP contribution in [0.25, 0.3) is 10.8 Å². The van der Waals surface area contributed by atoms with Gasteiger partial charge in [-0.1, -0.05) is 24.3 Å². The van der Waals surface area contributed by atoms with Crippen LogP contribution < -0.4 is 14.8 Å². The summed E-state index contributed by atoms with van der Waals surface area (Å²) >= 11 is 5.65. The van der Waals surface area contributed by atoms with Crippen LogP contribution >= 0.6 is 11.6 Å². The minimum atomic E-state index is -0.543. The maximum Gasteiger partial charge on any atom is 0.255 e. The van der Waals surface area contributed by atoms with Crippen molar-refractivity contribution in [2.45, 2.75) is 0 Å². The van der Waals surface area contributed by atoms with Crippen molar-refractivity contribution in [1.29, 1.82) is 0 Å². The summed E-state index contributed by atoms with van der Waals surface area (Å²) in [6, 6.07) is 15.4. The standard InChI is InChI=1S/C20H16ClNO4/c1-25-17-10-7-12(11-18(17)26-2)20(24)22-16-9-8-15(19(21)23)13-5-3-4-6-14(13)16/h3-11H,1-2H3,(H,22,24). The Hall–Kier alpha value is -3.05. The number of amides is 1. The van der Waals surface area contributed by atoms with Crippen LogP contribution in [0.15, 0.2) is 54.6 Å². The van der Waals surface area contributed by atoms with Crippen molar-refractivity contribution in [2.24, 2.45) is 0 Å². The van der Waals surface area contributed by atoms with E-state index in [1.54, 1.807) is 36.4 Å². The first-order valence-electron chi connectivity index (χ1n) is 7.80. The molecule has 0 spiro atoms. The highest BCUT2D eigenvalue weighted by molar-refractivity contribution is 6.68. The molecular formula is C20H16ClNO4. The van der Waals surface area contributed by atoms with E-state index in [1.807, 2.05) is 18.2 Å². The summed E-state index contributed by atoms with van der Waals surface area (Å²) in [5, 5.41) is 3.73. The molecule has 0 aliphatic heterocycles. The molecule has 0 unspecified atom stereocenters. The van der Waals surface area contributed by atoms with Gasteiger partial charge in [0, 0.05) is 22.2 Å². The quantitative estimate of drug-likeness (QED) is 0.673. The van der Waals surface area contributed by atoms with Gasteiger partial charge in [-0.3, -0.25) is 9.59 Å². The third-order valence-corrected chi connectivity index (χ3v) is 4.23. The molecule has 0 bridgehead atoms. The zero-order valence-corrected chi connectivity index (χ0v) is 15.0. The Bertz CT molecular complexity index is 1000. The molecule has 5 nitrogen and oxygen atoms in total. The van der Waals surface area contributed by atoms with Gasteiger partial charge in [0.15, 0.2) is 11.5 Å². The first-order chi connectivity index (χ1) is 12.5. The van der Waals surface area contributed by atoms with Crippen molar-refractivity contribution < 1.29 is 19.1 Å². The highest BCUT2D eigenvalue weighted by atomic mass is 35.5. The van der Waals surface area contributed by atoms with E-state index in [1.165, 1.54) is 14.2 Å². The molecule has 132 valence electrons. The summed E-state index contributed by atoms with van der Waals surface area (Å²) in [5.74, 6) is 0.702. The average molecular weight is 370 g/mol. The number of methoxy groups -OCH3 is 2. The number of halogens is 1. The van der Waals surface area contributed by atoms with Crippen LogP contribution in [0.4, 0.5) is 5.69 Å². The van der Waals surface area contributed by atoms with Gasteiger partial charge >= 0.3 is 0 Å². The molecule has 1 amide bonds. The van der Waals surface area contributed by atoms with Crippen LogP contribution in [-0.2, 0) is 0 Å². The molecule has 3 rings (SSSR count). The summed E-state index contributed by atoms with van der Waals surface area (Å²) < 4.78 is 10.4. The SMILES string of the molecule is COc1ccc(C(=O)Nc2ccc(C(=O)Cl)c3ccccc23)cc1OC. The van der Waals surface area contributed by atoms with Gasteiger partial charge in [0.05, 0.1) is 14.2 Å². The van der Waals surface area contributed by atoms with Gasteiger partial charge in [-0.15, -0.1) is 0 Å². The predicted molar refractivity (Wildman–Crippen MR) is 102 cm³/mol. The number of carbonyl (C=O) groups excluding carboxylic acids is 2. The molecule has 26 heavy (non-hydrogen) atoms. The Morgan fingerprint density at radius 2 is 1.58 bits per heavy atom. The van der Waals surface area contributed by atoms with E-state index in [-0.39, 0.29) is 5.91 Å². The monoisotopic (exact) mass is 369 g/mol. The van der Waals surface area contributed by atoms with Gasteiger partial charge in [0.2, 0.25) is 0 Å². The molecular weight excluding hydrogens is 354 g/mol. The van der Waals surface area contributed by atoms with E-state index in [4.69, 9.17) is 21.1 Å². The normalized spacial score (nSPS) is 10.4. The molecule has 3 aromatic carbocycles. The molecule has 0 heterocycles. The van der Waals surface area contributed by atoms with E-state index in [0.717, 1.165) is 5.39 Å². The number of carbonyl (C=O) groups is 2. The molecule has 0 atom stereocenters. The van der Waals surface area contributed by atoms with Crippen molar-refractivity contribution in [3.05, 3.63) is 65.7 Å². The molecule has 0 saturated heterocycles. The average Bonchev–Trinajstić information content (AvgIpc) is 2.67. The van der Waals surface area contributed by atoms with Crippen LogP contribution in [0.5, 0.6) is 11.5 Å². The number of hydrogen-bond donors (Lipinski definition) is 1. The first-order valence-corrected chi connectivity index (χ1v) is 8.18. The van der Waals surface area contributed by atoms with Gasteiger partial charge < -0.3 is 14.8 Å². The molecule has 3 aromatic rings. The zero-order chi connectivity index (χ0) is 18.7. The molecule has 1 N–H and O–H groups in total. The van der Waals surface area contributed by atoms with Crippen LogP contribution in [0.3, 0.4) is 0 Å². The Morgan fingerprint density at radius 1 is 0.885 bits per heavy atom. The van der Waals surface area contributed by atoms with E-state index >= 15 is 0 Å². The minimum Gasteiger partial charge on any atom is -0.493 e. The van der Waals surface area contributed by atoms with Gasteiger partial charge in [0.25, 0.3) is 11.1 Å². The second-order valence-corrected chi connectivity index (χ2v) is 5.85. The van der Waals surface area contributed by atoms with Gasteiger partial charge in [0.1, 0.15) is 0 Å². The van der Waals surface area contributed by atoms with Gasteiger partial charge in [-0.2, -0.15) is 0 Å². The third kappa shape index (κ3) is 3.34. The lowest BCUT2D eigenvalue weighted by Gasteiger charge is -2.12. The lowest BCUT2D eigenvalue weighted by Crippen LogP contribution is -2.12. The van der Waals surface area contributed by atoms with E-state index < -0.39 is 5.24 Å². The Morgan fingerprint density at radius 3 is 2.23 bits per heavy atom. The Kier molecular flexibility index (Phi) is 5.09. The van der Waals surface area contributed by atoms with E-state index in [0.29, 0.717) is 33.7 Å². The number of benzene rings is 3. The van der Waals surface area contributed by atoms with Gasteiger partial charge in [-0.25, -0.2) is 0 Å². The Labute approximate surface area is 155 Å². The second kappa shape index (κ2) is 7.45. The highest BCUT2D eigenvalue weighted by Crippen LogP contribution is 2.30. The maximum absolute atomic E-state index is 12.6. The molecule has 0 radical (unpaired) electrons. The number of fused-ring (bicyclic) bond motifs is 1. The van der Waals surface area contributed by atoms with Crippen molar-refractivity contribution in [3.63, 3.8) is 0 Å². The van der Waals surface area contributed by atoms with Crippen LogP contribution in [0.2, 0.25) is 0 Å². The summed E-state index contributed by atoms with van der Waals surface area (Å²) in [7, 11) is 3.04. The molecule has 0 aromatic heterocycles. The molecule has 0 fully saturated rings. The van der Waals surface area contributed by atoms with Crippen molar-refractivity contribution in [3.8, 4) is 11.5 Å². The molecule has 0 saturated carbocycles. The summed E-state index contributed by atoms with van der Waals surface area (Å²) in [5.41, 5.74) is 1.40. The number of rotatable bonds is 5. The van der Waals surface area contributed by atoms with Crippen LogP contribution in [0, 0.1) is 0 Å². The topological polar surface area (TPSA) is 64.6 Å². The molecule has 6 heteroatoms. The van der Waals surface area contributed by atoms with Crippen molar-refractivity contribution >= 4 is 39.2 Å². The largest absolute Gasteiger partial charge is 0.493 e. The fraction of sp³-hybridized carbons (Fsp3) is 0.100. The minimum absolute atomic E-state index is 0.305. The lowest BCUT2D eigenvalue weighted by atomic mass is 10.0. The van der Waals surface area contributed by atoms with Gasteiger partial charge in [-0.05, 0) is 47.3 Å². The smallest absolute Gasteiger partial charge is 0.255 e. The second-order valence-electron chi connectivity index (χ2n) is 5.50. The summed E-state index contributed by atoms with van der Waals surface area (Å²) in [6.45, 7) is 0. The zero-order valence-electron chi connectivity index (χ0n) is 14.2. The summed E-state index contributed by atoms with van der Waals surface area (Å²) in [4.78, 5) is 24.2. The fourth-order valence-corrected chi connectivity index (χ4v) is 2.92. The number of anilines is 1. The van der Waals surface area contributed by atoms with E-state index in [9.17, 15) is 9.59 Å². The summed E-state index contributed by atoms with van der Waals surface area (Å²) in [6.07, 6.45) is 0. The van der Waals surface area contributed by atoms with Crippen molar-refractivity contribution in [2.75, 3.05) is 19.5 Å². The molecule has 0 aliphatic carbocycles. The Balaban J connectivity index is 1.98. The number of ether oxygens (including phenoxy) is 2. The lowest BCUT2D eigenvalue weighted by molar-refractivity contribution is 0.102. The first kappa shape index (κ1) is 17.8. The predicted octanol–water partition coefficient (Wildman–Crippen LogP) is 4.49. The number of nitrogens with one attached hydrogen (secondary N) is 1. The van der Waals surface area contributed by atoms with Crippen LogP contribution in [0.1, 0.15) is 20.7 Å². The van der Waals surface area contributed by atoms with Crippen molar-refractivity contribution in [1.82, 2.24) is 0 Å². The number of hydrogen-bond acceptors (Lipinski definition) is 4. The molecule has 0 aliphatic rings. The fourth-order valence-electron chi connectivity index (χ4n) is 2.75.